The maximum Gasteiger partial charge on any atom is 0.106 e. The third kappa shape index (κ3) is 1.84. The average Bonchev–Trinajstić information content (AvgIpc) is 1.84. The molecule has 0 aliphatic rings. The van der Waals surface area contributed by atoms with Crippen molar-refractivity contribution in [2.24, 2.45) is 12.5 Å². The first-order valence-electron chi connectivity index (χ1n) is 4.22. The highest BCUT2D eigenvalue weighted by atomic mass is 16.7. The molecular weight excluding hydrogens is 152 g/mol. The van der Waals surface area contributed by atoms with Crippen molar-refractivity contribution in [2.45, 2.75) is 27.2 Å². The molecule has 0 aliphatic carbocycles. The van der Waals surface area contributed by atoms with Crippen LogP contribution in [0.15, 0.2) is 6.20 Å². The normalized spacial score (nSPS) is 12.1. The molecule has 0 N–H and O–H groups in total. The van der Waals surface area contributed by atoms with Crippen LogP contribution in [-0.4, -0.2) is 16.6 Å². The fraction of sp³-hybridized carbons (Fsp3) is 0.778. The van der Waals surface area contributed by atoms with Crippen LogP contribution < -0.4 is 4.84 Å². The van der Waals surface area contributed by atoms with Gasteiger partial charge in [-0.05, 0) is 11.8 Å². The fourth-order valence-electron chi connectivity index (χ4n) is 1.37. The molecule has 0 atom stereocenters. The average molecular weight is 170 g/mol. The lowest BCUT2D eigenvalue weighted by Gasteiger charge is -2.26. The predicted molar refractivity (Wildman–Crippen MR) is 49.1 cm³/mol. The molecule has 0 amide bonds. The smallest absolute Gasteiger partial charge is 0.106 e. The lowest BCUT2D eigenvalue weighted by atomic mass is 9.90. The third-order valence-electron chi connectivity index (χ3n) is 1.75. The molecule has 0 fully saturated rings. The van der Waals surface area contributed by atoms with Gasteiger partial charge in [0.05, 0.1) is 5.69 Å². The first-order valence-corrected chi connectivity index (χ1v) is 4.22. The van der Waals surface area contributed by atoms with E-state index in [1.165, 1.54) is 5.69 Å². The Morgan fingerprint density at radius 3 is 2.33 bits per heavy atom. The van der Waals surface area contributed by atoms with Gasteiger partial charge in [0, 0.05) is 13.2 Å². The van der Waals surface area contributed by atoms with E-state index < -0.39 is 0 Å². The number of aromatic nitrogens is 2. The van der Waals surface area contributed by atoms with Gasteiger partial charge in [0.25, 0.3) is 0 Å². The van der Waals surface area contributed by atoms with Gasteiger partial charge in [-0.1, -0.05) is 20.8 Å². The summed E-state index contributed by atoms with van der Waals surface area (Å²) in [6, 6.07) is 0. The van der Waals surface area contributed by atoms with E-state index in [9.17, 15) is 0 Å². The van der Waals surface area contributed by atoms with E-state index in [1.807, 2.05) is 16.6 Å². The fourth-order valence-corrected chi connectivity index (χ4v) is 1.37. The quantitative estimate of drug-likeness (QED) is 0.657. The van der Waals surface area contributed by atoms with Crippen LogP contribution >= 0.6 is 0 Å². The summed E-state index contributed by atoms with van der Waals surface area (Å²) in [5, 5.41) is 0. The Kier molecular flexibility index (Phi) is 2.22. The highest BCUT2D eigenvalue weighted by Gasteiger charge is 2.17. The second-order valence-corrected chi connectivity index (χ2v) is 4.39. The molecule has 1 rings (SSSR count). The molecule has 12 heavy (non-hydrogen) atoms. The lowest BCUT2D eigenvalue weighted by molar-refractivity contribution is 0.0707. The molecule has 0 radical (unpaired) electrons. The molecule has 0 aliphatic heterocycles. The van der Waals surface area contributed by atoms with E-state index in [0.29, 0.717) is 5.41 Å². The van der Waals surface area contributed by atoms with Crippen LogP contribution in [0.4, 0.5) is 0 Å². The van der Waals surface area contributed by atoms with Gasteiger partial charge in [0.2, 0.25) is 0 Å². The Bertz CT molecular complexity index is 252. The Balaban J connectivity index is 2.67. The minimum Gasteiger partial charge on any atom is -0.401 e. The van der Waals surface area contributed by atoms with E-state index >= 15 is 0 Å². The molecule has 3 heteroatoms. The van der Waals surface area contributed by atoms with E-state index in [0.717, 1.165) is 6.42 Å². The molecule has 0 bridgehead atoms. The summed E-state index contributed by atoms with van der Waals surface area (Å²) in [5.74, 6) is 0. The SMILES string of the molecule is COn1c(CC(C)(C)C)cn1C. The van der Waals surface area contributed by atoms with E-state index in [1.54, 1.807) is 7.11 Å². The van der Waals surface area contributed by atoms with E-state index in [4.69, 9.17) is 4.84 Å². The number of hydrogen-bond acceptors (Lipinski definition) is 1. The van der Waals surface area contributed by atoms with Crippen LogP contribution in [0.2, 0.25) is 0 Å². The van der Waals surface area contributed by atoms with Crippen molar-refractivity contribution < 1.29 is 4.84 Å². The Morgan fingerprint density at radius 1 is 1.42 bits per heavy atom. The van der Waals surface area contributed by atoms with Crippen LogP contribution in [-0.2, 0) is 13.5 Å². The molecule has 3 nitrogen and oxygen atoms in total. The molecular formula is C9H18N2O. The summed E-state index contributed by atoms with van der Waals surface area (Å²) in [7, 11) is 3.65. The zero-order chi connectivity index (χ0) is 9.35. The lowest BCUT2D eigenvalue weighted by Crippen LogP contribution is -2.30. The van der Waals surface area contributed by atoms with Crippen molar-refractivity contribution in [3.63, 3.8) is 0 Å². The van der Waals surface area contributed by atoms with Gasteiger partial charge in [-0.15, -0.1) is 4.85 Å². The van der Waals surface area contributed by atoms with Crippen molar-refractivity contribution in [2.75, 3.05) is 7.11 Å². The second kappa shape index (κ2) is 2.88. The van der Waals surface area contributed by atoms with Gasteiger partial charge in [0.15, 0.2) is 0 Å². The highest BCUT2D eigenvalue weighted by molar-refractivity contribution is 5.00. The molecule has 0 saturated heterocycles. The summed E-state index contributed by atoms with van der Waals surface area (Å²) in [6.45, 7) is 6.67. The summed E-state index contributed by atoms with van der Waals surface area (Å²) < 4.78 is 1.93. The number of aryl methyl sites for hydroxylation is 1. The summed E-state index contributed by atoms with van der Waals surface area (Å²) in [5.41, 5.74) is 1.57. The number of rotatable bonds is 2. The summed E-state index contributed by atoms with van der Waals surface area (Å²) in [6.07, 6.45) is 3.14. The Hall–Kier alpha value is -0.860. The Labute approximate surface area is 73.9 Å². The van der Waals surface area contributed by atoms with Crippen molar-refractivity contribution in [3.05, 3.63) is 11.9 Å². The van der Waals surface area contributed by atoms with Crippen LogP contribution in [0.25, 0.3) is 0 Å². The van der Waals surface area contributed by atoms with E-state index in [2.05, 4.69) is 27.0 Å². The van der Waals surface area contributed by atoms with E-state index in [-0.39, 0.29) is 0 Å². The first-order chi connectivity index (χ1) is 5.44. The molecule has 70 valence electrons. The van der Waals surface area contributed by atoms with Gasteiger partial charge in [-0.3, -0.25) is 4.68 Å². The van der Waals surface area contributed by atoms with Crippen LogP contribution in [0.3, 0.4) is 0 Å². The van der Waals surface area contributed by atoms with Crippen molar-refractivity contribution in [1.29, 1.82) is 0 Å². The molecule has 1 aromatic heterocycles. The Morgan fingerprint density at radius 2 is 2.00 bits per heavy atom. The molecule has 0 saturated carbocycles. The zero-order valence-electron chi connectivity index (χ0n) is 8.59. The standard InChI is InChI=1S/C9H18N2O/c1-9(2,3)6-8-7-10(4)11(8)12-5/h7H,6H2,1-5H3. The van der Waals surface area contributed by atoms with Gasteiger partial charge in [-0.25, -0.2) is 0 Å². The van der Waals surface area contributed by atoms with Crippen LogP contribution in [0, 0.1) is 5.41 Å². The maximum absolute atomic E-state index is 5.15. The minimum atomic E-state index is 0.323. The van der Waals surface area contributed by atoms with Gasteiger partial charge >= 0.3 is 0 Å². The molecule has 0 spiro atoms. The minimum absolute atomic E-state index is 0.323. The van der Waals surface area contributed by atoms with Gasteiger partial charge < -0.3 is 4.84 Å². The first kappa shape index (κ1) is 9.23. The number of hydrogen-bond donors (Lipinski definition) is 0. The predicted octanol–water partition coefficient (Wildman–Crippen LogP) is 1.47. The second-order valence-electron chi connectivity index (χ2n) is 4.39. The molecule has 0 unspecified atom stereocenters. The monoisotopic (exact) mass is 170 g/mol. The van der Waals surface area contributed by atoms with Crippen molar-refractivity contribution in [1.82, 2.24) is 9.53 Å². The van der Waals surface area contributed by atoms with Gasteiger partial charge in [0.1, 0.15) is 7.11 Å². The van der Waals surface area contributed by atoms with Crippen LogP contribution in [0.5, 0.6) is 0 Å². The van der Waals surface area contributed by atoms with Crippen molar-refractivity contribution in [3.8, 4) is 0 Å². The molecule has 1 heterocycles. The topological polar surface area (TPSA) is 19.1 Å². The largest absolute Gasteiger partial charge is 0.401 e. The third-order valence-corrected chi connectivity index (χ3v) is 1.75. The number of nitrogens with zero attached hydrogens (tertiary/aromatic N) is 2. The molecule has 0 aromatic carbocycles. The maximum atomic E-state index is 5.15. The summed E-state index contributed by atoms with van der Waals surface area (Å²) in [4.78, 5) is 6.96. The highest BCUT2D eigenvalue weighted by Crippen LogP contribution is 2.20. The zero-order valence-corrected chi connectivity index (χ0v) is 8.59. The van der Waals surface area contributed by atoms with Gasteiger partial charge in [-0.2, -0.15) is 0 Å². The van der Waals surface area contributed by atoms with Crippen molar-refractivity contribution >= 4 is 0 Å². The molecule has 1 aromatic rings. The summed E-state index contributed by atoms with van der Waals surface area (Å²) >= 11 is 0. The van der Waals surface area contributed by atoms with Crippen LogP contribution in [0.1, 0.15) is 26.5 Å².